The number of thioether (sulfide) groups is 1. The van der Waals surface area contributed by atoms with Crippen LogP contribution in [0.1, 0.15) is 30.9 Å². The zero-order valence-corrected chi connectivity index (χ0v) is 13.7. The van der Waals surface area contributed by atoms with E-state index >= 15 is 0 Å². The third-order valence-electron chi connectivity index (χ3n) is 2.87. The Balaban J connectivity index is 1.95. The van der Waals surface area contributed by atoms with E-state index in [-0.39, 0.29) is 0 Å². The van der Waals surface area contributed by atoms with Gasteiger partial charge in [0.1, 0.15) is 0 Å². The minimum atomic E-state index is 0.611. The lowest BCUT2D eigenvalue weighted by Gasteiger charge is -2.07. The Morgan fingerprint density at radius 3 is 2.11 bits per heavy atom. The SMILES string of the molecule is CC(C)c1ccc(SCc2ccc(I)cc2)cc1. The summed E-state index contributed by atoms with van der Waals surface area (Å²) in [6.07, 6.45) is 0. The molecule has 0 nitrogen and oxygen atoms in total. The Hall–Kier alpha value is -0.480. The fourth-order valence-corrected chi connectivity index (χ4v) is 2.91. The molecule has 2 rings (SSSR count). The second-order valence-corrected chi connectivity index (χ2v) is 6.93. The van der Waals surface area contributed by atoms with E-state index in [1.54, 1.807) is 0 Å². The average molecular weight is 368 g/mol. The molecule has 2 aromatic carbocycles. The molecule has 0 aliphatic heterocycles. The Bertz CT molecular complexity index is 486. The van der Waals surface area contributed by atoms with Crippen LogP contribution in [-0.2, 0) is 5.75 Å². The van der Waals surface area contributed by atoms with Gasteiger partial charge in [0.25, 0.3) is 0 Å². The van der Waals surface area contributed by atoms with Crippen molar-refractivity contribution in [2.24, 2.45) is 0 Å². The van der Waals surface area contributed by atoms with E-state index in [1.165, 1.54) is 19.6 Å². The van der Waals surface area contributed by atoms with Crippen molar-refractivity contribution >= 4 is 34.4 Å². The average Bonchev–Trinajstić information content (AvgIpc) is 2.38. The third kappa shape index (κ3) is 4.02. The van der Waals surface area contributed by atoms with Crippen molar-refractivity contribution in [3.8, 4) is 0 Å². The van der Waals surface area contributed by atoms with Gasteiger partial charge < -0.3 is 0 Å². The lowest BCUT2D eigenvalue weighted by atomic mass is 10.0. The maximum absolute atomic E-state index is 2.34. The van der Waals surface area contributed by atoms with Crippen molar-refractivity contribution in [1.29, 1.82) is 0 Å². The molecule has 0 spiro atoms. The van der Waals surface area contributed by atoms with E-state index < -0.39 is 0 Å². The quantitative estimate of drug-likeness (QED) is 0.492. The lowest BCUT2D eigenvalue weighted by molar-refractivity contribution is 0.865. The third-order valence-corrected chi connectivity index (χ3v) is 4.67. The van der Waals surface area contributed by atoms with Gasteiger partial charge in [-0.1, -0.05) is 38.1 Å². The van der Waals surface area contributed by atoms with Crippen molar-refractivity contribution in [3.63, 3.8) is 0 Å². The molecule has 0 unspecified atom stereocenters. The van der Waals surface area contributed by atoms with E-state index in [2.05, 4.69) is 85.0 Å². The summed E-state index contributed by atoms with van der Waals surface area (Å²) in [5.74, 6) is 1.65. The molecule has 94 valence electrons. The van der Waals surface area contributed by atoms with Crippen LogP contribution >= 0.6 is 34.4 Å². The molecular formula is C16H17IS. The number of hydrogen-bond acceptors (Lipinski definition) is 1. The molecule has 0 fully saturated rings. The molecule has 0 heterocycles. The minimum absolute atomic E-state index is 0.611. The largest absolute Gasteiger partial charge is 0.121 e. The molecule has 0 aliphatic carbocycles. The minimum Gasteiger partial charge on any atom is -0.121 e. The van der Waals surface area contributed by atoms with Crippen LogP contribution in [0.2, 0.25) is 0 Å². The van der Waals surface area contributed by atoms with Crippen LogP contribution < -0.4 is 0 Å². The van der Waals surface area contributed by atoms with Gasteiger partial charge in [-0.05, 0) is 63.9 Å². The van der Waals surface area contributed by atoms with Crippen molar-refractivity contribution in [2.45, 2.75) is 30.4 Å². The summed E-state index contributed by atoms with van der Waals surface area (Å²) < 4.78 is 1.29. The Labute approximate surface area is 127 Å². The summed E-state index contributed by atoms with van der Waals surface area (Å²) in [5.41, 5.74) is 2.79. The summed E-state index contributed by atoms with van der Waals surface area (Å²) >= 11 is 4.24. The van der Waals surface area contributed by atoms with Crippen LogP contribution in [0.4, 0.5) is 0 Å². The molecule has 0 radical (unpaired) electrons. The first kappa shape index (κ1) is 13.9. The van der Waals surface area contributed by atoms with Gasteiger partial charge in [0, 0.05) is 14.2 Å². The predicted octanol–water partition coefficient (Wildman–Crippen LogP) is 5.71. The van der Waals surface area contributed by atoms with Crippen LogP contribution in [0.15, 0.2) is 53.4 Å². The van der Waals surface area contributed by atoms with Gasteiger partial charge in [0.2, 0.25) is 0 Å². The van der Waals surface area contributed by atoms with Gasteiger partial charge in [0.15, 0.2) is 0 Å². The van der Waals surface area contributed by atoms with Crippen LogP contribution in [-0.4, -0.2) is 0 Å². The van der Waals surface area contributed by atoms with E-state index in [0.29, 0.717) is 5.92 Å². The van der Waals surface area contributed by atoms with Crippen molar-refractivity contribution < 1.29 is 0 Å². The summed E-state index contributed by atoms with van der Waals surface area (Å²) in [6, 6.07) is 17.7. The number of halogens is 1. The number of benzene rings is 2. The predicted molar refractivity (Wildman–Crippen MR) is 89.3 cm³/mol. The zero-order valence-electron chi connectivity index (χ0n) is 10.7. The van der Waals surface area contributed by atoms with Crippen LogP contribution in [0, 0.1) is 3.57 Å². The molecule has 0 aliphatic rings. The molecule has 2 heteroatoms. The fourth-order valence-electron chi connectivity index (χ4n) is 1.70. The topological polar surface area (TPSA) is 0 Å². The standard InChI is InChI=1S/C16H17IS/c1-12(2)14-5-9-16(10-6-14)18-11-13-3-7-15(17)8-4-13/h3-10,12H,11H2,1-2H3. The molecule has 0 N–H and O–H groups in total. The van der Waals surface area contributed by atoms with E-state index in [4.69, 9.17) is 0 Å². The molecule has 0 saturated carbocycles. The van der Waals surface area contributed by atoms with Crippen molar-refractivity contribution in [3.05, 3.63) is 63.2 Å². The first-order valence-electron chi connectivity index (χ1n) is 6.12. The van der Waals surface area contributed by atoms with Gasteiger partial charge in [-0.15, -0.1) is 11.8 Å². The molecule has 0 amide bonds. The molecule has 0 saturated heterocycles. The van der Waals surface area contributed by atoms with Crippen molar-refractivity contribution in [1.82, 2.24) is 0 Å². The molecule has 2 aromatic rings. The lowest BCUT2D eigenvalue weighted by Crippen LogP contribution is -1.86. The van der Waals surface area contributed by atoms with Gasteiger partial charge >= 0.3 is 0 Å². The van der Waals surface area contributed by atoms with Gasteiger partial charge in [0.05, 0.1) is 0 Å². The molecule has 0 bridgehead atoms. The second kappa shape index (κ2) is 6.62. The summed E-state index contributed by atoms with van der Waals surface area (Å²) in [5, 5.41) is 0. The smallest absolute Gasteiger partial charge is 0.0232 e. The van der Waals surface area contributed by atoms with E-state index in [0.717, 1.165) is 5.75 Å². The summed E-state index contributed by atoms with van der Waals surface area (Å²) in [4.78, 5) is 1.35. The number of rotatable bonds is 4. The fraction of sp³-hybridized carbons (Fsp3) is 0.250. The Morgan fingerprint density at radius 2 is 1.56 bits per heavy atom. The van der Waals surface area contributed by atoms with E-state index in [9.17, 15) is 0 Å². The Kier molecular flexibility index (Phi) is 5.13. The first-order chi connectivity index (χ1) is 8.65. The monoisotopic (exact) mass is 368 g/mol. The van der Waals surface area contributed by atoms with Gasteiger partial charge in [-0.3, -0.25) is 0 Å². The molecule has 18 heavy (non-hydrogen) atoms. The van der Waals surface area contributed by atoms with Crippen molar-refractivity contribution in [2.75, 3.05) is 0 Å². The van der Waals surface area contributed by atoms with Crippen LogP contribution in [0.3, 0.4) is 0 Å². The number of hydrogen-bond donors (Lipinski definition) is 0. The Morgan fingerprint density at radius 1 is 0.944 bits per heavy atom. The normalized spacial score (nSPS) is 10.9. The highest BCUT2D eigenvalue weighted by Crippen LogP contribution is 2.25. The summed E-state index contributed by atoms with van der Waals surface area (Å²) in [7, 11) is 0. The molecule has 0 aromatic heterocycles. The van der Waals surface area contributed by atoms with Crippen LogP contribution in [0.25, 0.3) is 0 Å². The first-order valence-corrected chi connectivity index (χ1v) is 8.19. The second-order valence-electron chi connectivity index (χ2n) is 4.64. The van der Waals surface area contributed by atoms with Gasteiger partial charge in [-0.25, -0.2) is 0 Å². The highest BCUT2D eigenvalue weighted by atomic mass is 127. The highest BCUT2D eigenvalue weighted by molar-refractivity contribution is 14.1. The zero-order chi connectivity index (χ0) is 13.0. The van der Waals surface area contributed by atoms with Gasteiger partial charge in [-0.2, -0.15) is 0 Å². The highest BCUT2D eigenvalue weighted by Gasteiger charge is 2.00. The maximum atomic E-state index is 2.34. The molecule has 0 atom stereocenters. The molecular weight excluding hydrogens is 351 g/mol. The van der Waals surface area contributed by atoms with Crippen LogP contribution in [0.5, 0.6) is 0 Å². The summed E-state index contributed by atoms with van der Waals surface area (Å²) in [6.45, 7) is 4.46. The van der Waals surface area contributed by atoms with E-state index in [1.807, 2.05) is 11.8 Å². The maximum Gasteiger partial charge on any atom is 0.0232 e.